The van der Waals surface area contributed by atoms with Crippen molar-refractivity contribution >= 4 is 17.8 Å². The molecule has 1 aliphatic heterocycles. The summed E-state index contributed by atoms with van der Waals surface area (Å²) in [5.74, 6) is 0.898. The Kier molecular flexibility index (Phi) is 7.18. The number of hydrogen-bond acceptors (Lipinski definition) is 7. The van der Waals surface area contributed by atoms with Crippen LogP contribution in [0.1, 0.15) is 48.8 Å². The third-order valence-electron chi connectivity index (χ3n) is 7.84. The molecule has 0 bridgehead atoms. The van der Waals surface area contributed by atoms with Crippen molar-refractivity contribution in [1.82, 2.24) is 34.2 Å². The fourth-order valence-electron chi connectivity index (χ4n) is 5.60. The van der Waals surface area contributed by atoms with Crippen molar-refractivity contribution < 1.29 is 4.39 Å². The molecule has 0 aromatic carbocycles. The second-order valence-corrected chi connectivity index (χ2v) is 10.6. The highest BCUT2D eigenvalue weighted by Gasteiger charge is 2.34. The Bertz CT molecular complexity index is 1400. The van der Waals surface area contributed by atoms with Crippen LogP contribution in [0.5, 0.6) is 0 Å². The smallest absolute Gasteiger partial charge is 0.249 e. The van der Waals surface area contributed by atoms with E-state index in [0.717, 1.165) is 73.1 Å². The Hall–Kier alpha value is -3.59. The minimum Gasteiger partial charge on any atom is -0.298 e. The van der Waals surface area contributed by atoms with Gasteiger partial charge >= 0.3 is 0 Å². The summed E-state index contributed by atoms with van der Waals surface area (Å²) in [5.41, 5.74) is 6.06. The maximum atomic E-state index is 13.2. The number of rotatable bonds is 8. The van der Waals surface area contributed by atoms with Gasteiger partial charge in [0.05, 0.1) is 17.6 Å². The molecule has 1 aliphatic carbocycles. The van der Waals surface area contributed by atoms with Crippen LogP contribution in [0.3, 0.4) is 0 Å². The molecule has 0 atom stereocenters. The second-order valence-electron chi connectivity index (χ2n) is 10.6. The van der Waals surface area contributed by atoms with Gasteiger partial charge in [-0.3, -0.25) is 9.30 Å². The number of nitrogens with zero attached hydrogens (tertiary/aromatic N) is 8. The van der Waals surface area contributed by atoms with Crippen LogP contribution in [0.25, 0.3) is 17.0 Å². The van der Waals surface area contributed by atoms with Crippen LogP contribution in [0.2, 0.25) is 0 Å². The summed E-state index contributed by atoms with van der Waals surface area (Å²) in [6.07, 6.45) is 19.9. The largest absolute Gasteiger partial charge is 0.298 e. The third-order valence-corrected chi connectivity index (χ3v) is 7.84. The van der Waals surface area contributed by atoms with Crippen LogP contribution in [0.4, 0.5) is 10.3 Å². The first-order valence-electron chi connectivity index (χ1n) is 13.6. The van der Waals surface area contributed by atoms with Crippen molar-refractivity contribution in [3.05, 3.63) is 66.1 Å². The van der Waals surface area contributed by atoms with Gasteiger partial charge in [0.2, 0.25) is 5.95 Å². The maximum absolute atomic E-state index is 13.2. The van der Waals surface area contributed by atoms with Crippen LogP contribution < -0.4 is 0 Å². The predicted octanol–water partition coefficient (Wildman–Crippen LogP) is 4.98. The highest BCUT2D eigenvalue weighted by molar-refractivity contribution is 5.67. The highest BCUT2D eigenvalue weighted by atomic mass is 19.1. The quantitative estimate of drug-likeness (QED) is 0.310. The summed E-state index contributed by atoms with van der Waals surface area (Å²) in [4.78, 5) is 29.1. The van der Waals surface area contributed by atoms with Gasteiger partial charge in [0.25, 0.3) is 0 Å². The van der Waals surface area contributed by atoms with Gasteiger partial charge in [-0.15, -0.1) is 0 Å². The molecule has 0 amide bonds. The summed E-state index contributed by atoms with van der Waals surface area (Å²) in [6.45, 7) is 3.24. The minimum absolute atomic E-state index is 0.419. The Labute approximate surface area is 222 Å². The number of halogens is 1. The fourth-order valence-corrected chi connectivity index (χ4v) is 5.60. The van der Waals surface area contributed by atoms with Crippen LogP contribution in [0, 0.1) is 12.8 Å². The molecule has 38 heavy (non-hydrogen) atoms. The van der Waals surface area contributed by atoms with Gasteiger partial charge in [-0.25, -0.2) is 34.3 Å². The standard InChI is InChI=1S/C29H33FN8/c1-20-11-34-29(35-14-21-5-8-25(9-6-21)37-17-24(30)18-37)36-28(20)26-15-33-27-10-7-22(16-38(26)27)3-2-4-23-12-31-19-32-13-23/h7,10-16,19,21,24-25H,2-6,8-9,17-18H2,1H3/b35-14+. The average Bonchev–Trinajstić information content (AvgIpc) is 3.35. The van der Waals surface area contributed by atoms with E-state index in [1.807, 2.05) is 37.9 Å². The number of pyridine rings is 1. The second kappa shape index (κ2) is 11.0. The molecule has 1 saturated carbocycles. The zero-order valence-electron chi connectivity index (χ0n) is 21.7. The summed E-state index contributed by atoms with van der Waals surface area (Å²) in [7, 11) is 0. The highest BCUT2D eigenvalue weighted by Crippen LogP contribution is 2.30. The van der Waals surface area contributed by atoms with E-state index in [4.69, 9.17) is 4.98 Å². The van der Waals surface area contributed by atoms with Crippen molar-refractivity contribution in [3.63, 3.8) is 0 Å². The van der Waals surface area contributed by atoms with Crippen molar-refractivity contribution in [1.29, 1.82) is 0 Å². The first kappa shape index (κ1) is 24.7. The molecule has 6 rings (SSSR count). The Morgan fingerprint density at radius 2 is 1.76 bits per heavy atom. The van der Waals surface area contributed by atoms with Crippen molar-refractivity contribution in [3.8, 4) is 11.4 Å². The molecule has 1 saturated heterocycles. The van der Waals surface area contributed by atoms with E-state index in [1.54, 1.807) is 6.33 Å². The number of likely N-dealkylation sites (tertiary alicyclic amines) is 1. The van der Waals surface area contributed by atoms with Gasteiger partial charge in [0.1, 0.15) is 18.1 Å². The topological polar surface area (TPSA) is 84.5 Å². The lowest BCUT2D eigenvalue weighted by Gasteiger charge is -2.43. The zero-order valence-corrected chi connectivity index (χ0v) is 21.7. The molecule has 4 aromatic heterocycles. The molecule has 0 radical (unpaired) electrons. The summed E-state index contributed by atoms with van der Waals surface area (Å²) in [6, 6.07) is 4.73. The Morgan fingerprint density at radius 1 is 0.974 bits per heavy atom. The third kappa shape index (κ3) is 5.48. The maximum Gasteiger partial charge on any atom is 0.249 e. The summed E-state index contributed by atoms with van der Waals surface area (Å²) >= 11 is 0. The number of aliphatic imine (C=N–C) groups is 1. The van der Waals surface area contributed by atoms with E-state index in [1.165, 1.54) is 5.56 Å². The lowest BCUT2D eigenvalue weighted by molar-refractivity contribution is 0.0117. The molecular weight excluding hydrogens is 479 g/mol. The predicted molar refractivity (Wildman–Crippen MR) is 145 cm³/mol. The molecule has 0 spiro atoms. The van der Waals surface area contributed by atoms with Crippen molar-refractivity contribution in [2.45, 2.75) is 64.1 Å². The number of aromatic nitrogens is 6. The van der Waals surface area contributed by atoms with E-state index >= 15 is 0 Å². The van der Waals surface area contributed by atoms with E-state index in [0.29, 0.717) is 31.0 Å². The van der Waals surface area contributed by atoms with Crippen LogP contribution in [-0.4, -0.2) is 65.7 Å². The molecule has 2 fully saturated rings. The number of alkyl halides is 1. The molecule has 0 unspecified atom stereocenters. The molecule has 4 aromatic rings. The molecular formula is C29H33FN8. The number of aryl methyl sites for hydroxylation is 3. The summed E-state index contributed by atoms with van der Waals surface area (Å²) in [5, 5.41) is 0. The number of fused-ring (bicyclic) bond motifs is 1. The molecule has 196 valence electrons. The van der Waals surface area contributed by atoms with E-state index < -0.39 is 6.17 Å². The molecule has 8 nitrogen and oxygen atoms in total. The van der Waals surface area contributed by atoms with E-state index in [2.05, 4.69) is 52.6 Å². The van der Waals surface area contributed by atoms with Crippen LogP contribution in [0.15, 0.2) is 54.4 Å². The van der Waals surface area contributed by atoms with Crippen LogP contribution >= 0.6 is 0 Å². The molecule has 5 heterocycles. The number of hydrogen-bond donors (Lipinski definition) is 0. The molecule has 0 N–H and O–H groups in total. The first-order valence-corrected chi connectivity index (χ1v) is 13.6. The van der Waals surface area contributed by atoms with Gasteiger partial charge in [-0.2, -0.15) is 0 Å². The van der Waals surface area contributed by atoms with Crippen molar-refractivity contribution in [2.24, 2.45) is 10.9 Å². The van der Waals surface area contributed by atoms with Gasteiger partial charge < -0.3 is 0 Å². The van der Waals surface area contributed by atoms with Gasteiger partial charge in [-0.1, -0.05) is 6.07 Å². The molecule has 2 aliphatic rings. The van der Waals surface area contributed by atoms with Crippen molar-refractivity contribution in [2.75, 3.05) is 13.1 Å². The lowest BCUT2D eigenvalue weighted by Crippen LogP contribution is -2.54. The van der Waals surface area contributed by atoms with Crippen LogP contribution in [-0.2, 0) is 12.8 Å². The monoisotopic (exact) mass is 512 g/mol. The normalized spacial score (nSPS) is 20.8. The minimum atomic E-state index is -0.628. The SMILES string of the molecule is Cc1cnc(/N=C/C2CCC(N3CC(F)C3)CC2)nc1-c1cnc2ccc(CCCc3cncnc3)cn12. The molecule has 9 heteroatoms. The number of imidazole rings is 1. The van der Waals surface area contributed by atoms with Gasteiger partial charge in [-0.05, 0) is 80.5 Å². The first-order chi connectivity index (χ1) is 18.6. The van der Waals surface area contributed by atoms with E-state index in [-0.39, 0.29) is 0 Å². The Balaban J connectivity index is 1.14. The lowest BCUT2D eigenvalue weighted by atomic mass is 9.85. The summed E-state index contributed by atoms with van der Waals surface area (Å²) < 4.78 is 15.3. The average molecular weight is 513 g/mol. The fraction of sp³-hybridized carbons (Fsp3) is 0.448. The zero-order chi connectivity index (χ0) is 25.9. The Morgan fingerprint density at radius 3 is 2.55 bits per heavy atom. The van der Waals surface area contributed by atoms with Gasteiger partial charge in [0, 0.05) is 50.1 Å². The van der Waals surface area contributed by atoms with Gasteiger partial charge in [0.15, 0.2) is 0 Å². The van der Waals surface area contributed by atoms with E-state index in [9.17, 15) is 4.39 Å².